The molecule has 3 rings (SSSR count). The zero-order chi connectivity index (χ0) is 25.0. The molecule has 0 bridgehead atoms. The van der Waals surface area contributed by atoms with Crippen molar-refractivity contribution in [3.8, 4) is 11.5 Å². The number of alkyl halides is 2. The second kappa shape index (κ2) is 12.8. The van der Waals surface area contributed by atoms with Gasteiger partial charge >= 0.3 is 12.6 Å². The number of para-hydroxylation sites is 1. The standard InChI is InChI=1S/C24H23F2N3O6/c25-24(26)35-19-8-6-17(7-9-19)12-13-27-21(30)16-34-23(32)20-10-11-22(31)29(28-20)14-15-33-18-4-2-1-3-5-18/h1-11,24H,12-16H2,(H,27,30). The molecule has 9 nitrogen and oxygen atoms in total. The molecule has 1 amide bonds. The van der Waals surface area contributed by atoms with E-state index in [2.05, 4.69) is 15.2 Å². The van der Waals surface area contributed by atoms with Crippen molar-refractivity contribution >= 4 is 11.9 Å². The lowest BCUT2D eigenvalue weighted by molar-refractivity contribution is -0.124. The van der Waals surface area contributed by atoms with Crippen molar-refractivity contribution in [2.24, 2.45) is 0 Å². The third-order valence-corrected chi connectivity index (χ3v) is 4.61. The Hall–Kier alpha value is -4.28. The van der Waals surface area contributed by atoms with Gasteiger partial charge in [0.05, 0.1) is 6.54 Å². The number of benzene rings is 2. The smallest absolute Gasteiger partial charge is 0.387 e. The molecule has 0 radical (unpaired) electrons. The Bertz CT molecular complexity index is 1170. The summed E-state index contributed by atoms with van der Waals surface area (Å²) < 4.78 is 40.2. The molecular weight excluding hydrogens is 464 g/mol. The number of amides is 1. The molecule has 0 aliphatic heterocycles. The van der Waals surface area contributed by atoms with E-state index in [1.807, 2.05) is 18.2 Å². The fraction of sp³-hybridized carbons (Fsp3) is 0.250. The maximum atomic E-state index is 12.2. The first-order chi connectivity index (χ1) is 16.9. The molecule has 0 aliphatic rings. The predicted molar refractivity (Wildman–Crippen MR) is 121 cm³/mol. The number of halogens is 2. The van der Waals surface area contributed by atoms with Gasteiger partial charge in [0.2, 0.25) is 0 Å². The van der Waals surface area contributed by atoms with Crippen LogP contribution in [0.15, 0.2) is 71.5 Å². The topological polar surface area (TPSA) is 109 Å². The van der Waals surface area contributed by atoms with E-state index < -0.39 is 30.7 Å². The fourth-order valence-corrected chi connectivity index (χ4v) is 2.92. The molecule has 1 aromatic heterocycles. The van der Waals surface area contributed by atoms with Crippen LogP contribution < -0.4 is 20.3 Å². The van der Waals surface area contributed by atoms with E-state index in [1.54, 1.807) is 24.3 Å². The van der Waals surface area contributed by atoms with Crippen molar-refractivity contribution < 1.29 is 32.6 Å². The van der Waals surface area contributed by atoms with Crippen molar-refractivity contribution in [3.05, 3.63) is 88.3 Å². The van der Waals surface area contributed by atoms with Gasteiger partial charge in [-0.05, 0) is 42.3 Å². The number of esters is 1. The normalized spacial score (nSPS) is 10.6. The van der Waals surface area contributed by atoms with Gasteiger partial charge in [-0.2, -0.15) is 13.9 Å². The highest BCUT2D eigenvalue weighted by Crippen LogP contribution is 2.15. The Morgan fingerprint density at radius 2 is 1.71 bits per heavy atom. The molecule has 184 valence electrons. The summed E-state index contributed by atoms with van der Waals surface area (Å²) in [5.41, 5.74) is 0.264. The van der Waals surface area contributed by atoms with Gasteiger partial charge in [-0.15, -0.1) is 0 Å². The molecule has 35 heavy (non-hydrogen) atoms. The largest absolute Gasteiger partial charge is 0.492 e. The maximum Gasteiger partial charge on any atom is 0.387 e. The number of hydrogen-bond donors (Lipinski definition) is 1. The number of aromatic nitrogens is 2. The van der Waals surface area contributed by atoms with E-state index in [0.717, 1.165) is 10.2 Å². The van der Waals surface area contributed by atoms with Gasteiger partial charge in [-0.25, -0.2) is 9.48 Å². The van der Waals surface area contributed by atoms with E-state index in [9.17, 15) is 23.2 Å². The third-order valence-electron chi connectivity index (χ3n) is 4.61. The minimum atomic E-state index is -2.89. The molecule has 11 heteroatoms. The van der Waals surface area contributed by atoms with Gasteiger partial charge in [-0.1, -0.05) is 30.3 Å². The van der Waals surface area contributed by atoms with Gasteiger partial charge in [0.15, 0.2) is 12.3 Å². The second-order valence-corrected chi connectivity index (χ2v) is 7.14. The highest BCUT2D eigenvalue weighted by atomic mass is 19.3. The summed E-state index contributed by atoms with van der Waals surface area (Å²) in [7, 11) is 0. The zero-order valence-electron chi connectivity index (χ0n) is 18.6. The van der Waals surface area contributed by atoms with Crippen LogP contribution in [0.5, 0.6) is 11.5 Å². The molecule has 0 unspecified atom stereocenters. The van der Waals surface area contributed by atoms with Gasteiger partial charge in [0, 0.05) is 12.6 Å². The molecule has 0 aliphatic carbocycles. The van der Waals surface area contributed by atoms with Crippen molar-refractivity contribution in [3.63, 3.8) is 0 Å². The summed E-state index contributed by atoms with van der Waals surface area (Å²) in [5.74, 6) is -0.698. The van der Waals surface area contributed by atoms with Crippen molar-refractivity contribution in [1.29, 1.82) is 0 Å². The maximum absolute atomic E-state index is 12.2. The summed E-state index contributed by atoms with van der Waals surface area (Å²) in [6, 6.07) is 17.5. The lowest BCUT2D eigenvalue weighted by atomic mass is 10.1. The molecule has 0 atom stereocenters. The zero-order valence-corrected chi connectivity index (χ0v) is 18.6. The van der Waals surface area contributed by atoms with Crippen LogP contribution >= 0.6 is 0 Å². The van der Waals surface area contributed by atoms with Crippen LogP contribution in [0.1, 0.15) is 16.1 Å². The van der Waals surface area contributed by atoms with E-state index in [4.69, 9.17) is 9.47 Å². The number of rotatable bonds is 12. The van der Waals surface area contributed by atoms with Crippen LogP contribution in [0.2, 0.25) is 0 Å². The average Bonchev–Trinajstić information content (AvgIpc) is 2.85. The summed E-state index contributed by atoms with van der Waals surface area (Å²) in [5, 5.41) is 6.56. The molecule has 0 saturated heterocycles. The Labute approximate surface area is 199 Å². The van der Waals surface area contributed by atoms with Crippen molar-refractivity contribution in [1.82, 2.24) is 15.1 Å². The minimum absolute atomic E-state index is 0.0448. The van der Waals surface area contributed by atoms with Crippen LogP contribution in [-0.2, 0) is 22.5 Å². The monoisotopic (exact) mass is 487 g/mol. The number of hydrogen-bond acceptors (Lipinski definition) is 7. The average molecular weight is 487 g/mol. The Balaban J connectivity index is 1.40. The van der Waals surface area contributed by atoms with Crippen LogP contribution in [0.3, 0.4) is 0 Å². The van der Waals surface area contributed by atoms with Crippen LogP contribution in [-0.4, -0.2) is 48.0 Å². The van der Waals surface area contributed by atoms with Gasteiger partial charge < -0.3 is 19.5 Å². The van der Waals surface area contributed by atoms with E-state index in [-0.39, 0.29) is 31.1 Å². The summed E-state index contributed by atoms with van der Waals surface area (Å²) in [4.78, 5) is 36.2. The Kier molecular flexibility index (Phi) is 9.29. The van der Waals surface area contributed by atoms with Crippen molar-refractivity contribution in [2.45, 2.75) is 19.6 Å². The highest BCUT2D eigenvalue weighted by Gasteiger charge is 2.13. The third kappa shape index (κ3) is 8.54. The number of ether oxygens (including phenoxy) is 3. The first-order valence-electron chi connectivity index (χ1n) is 10.6. The van der Waals surface area contributed by atoms with Gasteiger partial charge in [-0.3, -0.25) is 9.59 Å². The molecular formula is C24H23F2N3O6. The Morgan fingerprint density at radius 3 is 2.43 bits per heavy atom. The number of nitrogens with zero attached hydrogens (tertiary/aromatic N) is 2. The van der Waals surface area contributed by atoms with E-state index in [0.29, 0.717) is 12.2 Å². The molecule has 2 aromatic carbocycles. The van der Waals surface area contributed by atoms with E-state index in [1.165, 1.54) is 24.3 Å². The molecule has 0 fully saturated rings. The predicted octanol–water partition coefficient (Wildman–Crippen LogP) is 2.44. The van der Waals surface area contributed by atoms with Gasteiger partial charge in [0.25, 0.3) is 11.5 Å². The highest BCUT2D eigenvalue weighted by molar-refractivity contribution is 5.89. The quantitative estimate of drug-likeness (QED) is 0.391. The van der Waals surface area contributed by atoms with Crippen LogP contribution in [0.25, 0.3) is 0 Å². The molecule has 3 aromatic rings. The lowest BCUT2D eigenvalue weighted by Gasteiger charge is -2.09. The second-order valence-electron chi connectivity index (χ2n) is 7.14. The summed E-state index contributed by atoms with van der Waals surface area (Å²) in [6.07, 6.45) is 0.437. The SMILES string of the molecule is O=C(COC(=O)c1ccc(=O)n(CCOc2ccccc2)n1)NCCc1ccc(OC(F)F)cc1. The van der Waals surface area contributed by atoms with Crippen molar-refractivity contribution in [2.75, 3.05) is 19.8 Å². The fourth-order valence-electron chi connectivity index (χ4n) is 2.92. The van der Waals surface area contributed by atoms with E-state index >= 15 is 0 Å². The van der Waals surface area contributed by atoms with Crippen LogP contribution in [0, 0.1) is 0 Å². The number of nitrogens with one attached hydrogen (secondary N) is 1. The first kappa shape index (κ1) is 25.3. The molecule has 1 heterocycles. The summed E-state index contributed by atoms with van der Waals surface area (Å²) >= 11 is 0. The van der Waals surface area contributed by atoms with Gasteiger partial charge in [0.1, 0.15) is 18.1 Å². The Morgan fingerprint density at radius 1 is 0.971 bits per heavy atom. The van der Waals surface area contributed by atoms with Crippen LogP contribution in [0.4, 0.5) is 8.78 Å². The number of carbonyl (C=O) groups is 2. The molecule has 0 saturated carbocycles. The summed E-state index contributed by atoms with van der Waals surface area (Å²) in [6.45, 7) is -2.90. The number of carbonyl (C=O) groups excluding carboxylic acids is 2. The first-order valence-corrected chi connectivity index (χ1v) is 10.6. The minimum Gasteiger partial charge on any atom is -0.492 e. The molecule has 1 N–H and O–H groups in total. The molecule has 0 spiro atoms. The lowest BCUT2D eigenvalue weighted by Crippen LogP contribution is -2.31.